The Balaban J connectivity index is 2.25. The lowest BCUT2D eigenvalue weighted by molar-refractivity contribution is -0.122. The molecule has 0 spiro atoms. The Morgan fingerprint density at radius 2 is 1.19 bits per heavy atom. The minimum atomic E-state index is -1.80. The quantitative estimate of drug-likeness (QED) is 0.0596. The van der Waals surface area contributed by atoms with Crippen molar-refractivity contribution in [1.29, 1.82) is 0 Å². The van der Waals surface area contributed by atoms with Gasteiger partial charge in [-0.15, -0.1) is 0 Å². The molecule has 0 saturated heterocycles. The van der Waals surface area contributed by atoms with E-state index in [-0.39, 0.29) is 16.9 Å². The average molecular weight is 594 g/mol. The van der Waals surface area contributed by atoms with Gasteiger partial charge in [0.1, 0.15) is 6.17 Å². The monoisotopic (exact) mass is 592 g/mol. The second-order valence-electron chi connectivity index (χ2n) is 9.39. The fraction of sp³-hybridized carbons (Fsp3) is 0.667. The summed E-state index contributed by atoms with van der Waals surface area (Å²) in [4.78, 5) is 23.6. The smallest absolute Gasteiger partial charge is 0.228 e. The van der Waals surface area contributed by atoms with E-state index in [9.17, 15) is 9.59 Å². The number of amides is 2. The molecule has 2 amide bonds. The largest absolute Gasteiger partial charge is 0.339 e. The van der Waals surface area contributed by atoms with E-state index in [0.717, 1.165) is 19.3 Å². The van der Waals surface area contributed by atoms with Crippen LogP contribution in [0.4, 0.5) is 11.4 Å². The van der Waals surface area contributed by atoms with Gasteiger partial charge in [0.25, 0.3) is 0 Å². The molecule has 0 bridgehead atoms. The zero-order valence-electron chi connectivity index (χ0n) is 22.1. The SMILES string of the molecule is CCCCCCCCCCCCCCCC(=O)N[C@@H](NC(=S)Nc1ccc(NC(C)=O)cc1)C(Cl)(Cl)Cl. The first-order chi connectivity index (χ1) is 17.6. The van der Waals surface area contributed by atoms with Crippen molar-refractivity contribution in [3.8, 4) is 0 Å². The third-order valence-electron chi connectivity index (χ3n) is 5.88. The molecule has 0 aromatic heterocycles. The predicted octanol–water partition coefficient (Wildman–Crippen LogP) is 8.23. The van der Waals surface area contributed by atoms with E-state index in [2.05, 4.69) is 28.2 Å². The number of alkyl halides is 3. The molecule has 210 valence electrons. The lowest BCUT2D eigenvalue weighted by atomic mass is 10.0. The van der Waals surface area contributed by atoms with Crippen molar-refractivity contribution in [3.05, 3.63) is 24.3 Å². The van der Waals surface area contributed by atoms with Crippen molar-refractivity contribution >= 4 is 75.3 Å². The second kappa shape index (κ2) is 19.7. The first-order valence-corrected chi connectivity index (χ1v) is 15.0. The molecule has 0 radical (unpaired) electrons. The second-order valence-corrected chi connectivity index (χ2v) is 12.2. The molecule has 37 heavy (non-hydrogen) atoms. The maximum atomic E-state index is 12.4. The predicted molar refractivity (Wildman–Crippen MR) is 163 cm³/mol. The number of rotatable bonds is 18. The molecule has 0 aliphatic heterocycles. The van der Waals surface area contributed by atoms with E-state index >= 15 is 0 Å². The standard InChI is InChI=1S/C27H43Cl3N4O2S/c1-3-4-5-6-7-8-9-10-11-12-13-14-15-16-24(36)33-25(27(28,29)30)34-26(37)32-23-19-17-22(18-20-23)31-21(2)35/h17-20,25H,3-16H2,1-2H3,(H,31,35)(H,33,36)(H2,32,34,37)/t25-/m0/s1. The van der Waals surface area contributed by atoms with E-state index in [1.807, 2.05) is 0 Å². The normalized spacial score (nSPS) is 12.0. The number of carbonyl (C=O) groups excluding carboxylic acids is 2. The van der Waals surface area contributed by atoms with Crippen molar-refractivity contribution < 1.29 is 9.59 Å². The van der Waals surface area contributed by atoms with Crippen LogP contribution in [0.15, 0.2) is 24.3 Å². The number of thiocarbonyl (C=S) groups is 1. The topological polar surface area (TPSA) is 82.3 Å². The van der Waals surface area contributed by atoms with Crippen LogP contribution >= 0.6 is 47.0 Å². The van der Waals surface area contributed by atoms with Crippen molar-refractivity contribution in [2.45, 2.75) is 114 Å². The lowest BCUT2D eigenvalue weighted by Gasteiger charge is -2.27. The number of hydrogen-bond donors (Lipinski definition) is 4. The van der Waals surface area contributed by atoms with E-state index in [0.29, 0.717) is 17.8 Å². The molecule has 0 unspecified atom stereocenters. The third kappa shape index (κ3) is 17.8. The summed E-state index contributed by atoms with van der Waals surface area (Å²) in [6.45, 7) is 3.69. The maximum absolute atomic E-state index is 12.4. The molecule has 1 aromatic carbocycles. The van der Waals surface area contributed by atoms with Gasteiger partial charge in [0.05, 0.1) is 0 Å². The van der Waals surface area contributed by atoms with Gasteiger partial charge in [-0.2, -0.15) is 0 Å². The molecule has 1 aromatic rings. The molecule has 1 atom stereocenters. The summed E-state index contributed by atoms with van der Waals surface area (Å²) in [5.74, 6) is -0.354. The number of nitrogens with one attached hydrogen (secondary N) is 4. The van der Waals surface area contributed by atoms with Crippen LogP contribution in [-0.2, 0) is 9.59 Å². The number of benzene rings is 1. The van der Waals surface area contributed by atoms with Crippen LogP contribution in [0, 0.1) is 0 Å². The molecule has 0 aliphatic carbocycles. The van der Waals surface area contributed by atoms with Gasteiger partial charge in [0.15, 0.2) is 5.11 Å². The van der Waals surface area contributed by atoms with Crippen LogP contribution in [0.25, 0.3) is 0 Å². The number of anilines is 2. The first kappa shape index (κ1) is 33.7. The molecule has 1 rings (SSSR count). The fourth-order valence-electron chi connectivity index (χ4n) is 3.87. The van der Waals surface area contributed by atoms with E-state index in [1.54, 1.807) is 24.3 Å². The van der Waals surface area contributed by atoms with Gasteiger partial charge in [0, 0.05) is 24.7 Å². The number of halogens is 3. The summed E-state index contributed by atoms with van der Waals surface area (Å²) in [6.07, 6.45) is 15.5. The minimum Gasteiger partial charge on any atom is -0.339 e. The molecule has 4 N–H and O–H groups in total. The van der Waals surface area contributed by atoms with Crippen LogP contribution in [0.2, 0.25) is 0 Å². The third-order valence-corrected chi connectivity index (χ3v) is 6.75. The average Bonchev–Trinajstić information content (AvgIpc) is 2.82. The maximum Gasteiger partial charge on any atom is 0.228 e. The van der Waals surface area contributed by atoms with Gasteiger partial charge < -0.3 is 21.3 Å². The Hall–Kier alpha value is -1.28. The highest BCUT2D eigenvalue weighted by Crippen LogP contribution is 2.29. The fourth-order valence-corrected chi connectivity index (χ4v) is 4.44. The Morgan fingerprint density at radius 3 is 1.62 bits per heavy atom. The van der Waals surface area contributed by atoms with Crippen molar-refractivity contribution in [1.82, 2.24) is 10.6 Å². The molecule has 0 aliphatic rings. The minimum absolute atomic E-state index is 0.155. The molecular formula is C27H43Cl3N4O2S. The van der Waals surface area contributed by atoms with Crippen molar-refractivity contribution in [2.75, 3.05) is 10.6 Å². The molecular weight excluding hydrogens is 551 g/mol. The summed E-state index contributed by atoms with van der Waals surface area (Å²) in [7, 11) is 0. The highest BCUT2D eigenvalue weighted by molar-refractivity contribution is 7.80. The number of hydrogen-bond acceptors (Lipinski definition) is 3. The highest BCUT2D eigenvalue weighted by Gasteiger charge is 2.34. The van der Waals surface area contributed by atoms with E-state index in [1.165, 1.54) is 71.1 Å². The summed E-state index contributed by atoms with van der Waals surface area (Å²) in [5, 5.41) is 11.4. The van der Waals surface area contributed by atoms with Gasteiger partial charge in [-0.3, -0.25) is 9.59 Å². The molecule has 6 nitrogen and oxygen atoms in total. The van der Waals surface area contributed by atoms with E-state index in [4.69, 9.17) is 47.0 Å². The van der Waals surface area contributed by atoms with Crippen molar-refractivity contribution in [3.63, 3.8) is 0 Å². The summed E-state index contributed by atoms with van der Waals surface area (Å²) in [5.41, 5.74) is 1.34. The van der Waals surface area contributed by atoms with Gasteiger partial charge in [-0.25, -0.2) is 0 Å². The lowest BCUT2D eigenvalue weighted by Crippen LogP contribution is -2.56. The summed E-state index contributed by atoms with van der Waals surface area (Å²) in [6, 6.07) is 6.96. The molecule has 0 saturated carbocycles. The Morgan fingerprint density at radius 1 is 0.757 bits per heavy atom. The number of unbranched alkanes of at least 4 members (excludes halogenated alkanes) is 12. The van der Waals surface area contributed by atoms with E-state index < -0.39 is 9.96 Å². The van der Waals surface area contributed by atoms with Gasteiger partial charge >= 0.3 is 0 Å². The zero-order valence-corrected chi connectivity index (χ0v) is 25.2. The van der Waals surface area contributed by atoms with Gasteiger partial charge in [0.2, 0.25) is 15.6 Å². The summed E-state index contributed by atoms with van der Waals surface area (Å²) < 4.78 is -1.80. The Kier molecular flexibility index (Phi) is 18.0. The van der Waals surface area contributed by atoms with Crippen LogP contribution in [0.1, 0.15) is 104 Å². The summed E-state index contributed by atoms with van der Waals surface area (Å²) >= 11 is 23.5. The van der Waals surface area contributed by atoms with Crippen LogP contribution < -0.4 is 21.3 Å². The van der Waals surface area contributed by atoms with Crippen LogP contribution in [0.3, 0.4) is 0 Å². The Labute approximate surface area is 243 Å². The van der Waals surface area contributed by atoms with Gasteiger partial charge in [-0.1, -0.05) is 119 Å². The number of carbonyl (C=O) groups is 2. The first-order valence-electron chi connectivity index (χ1n) is 13.4. The zero-order chi connectivity index (χ0) is 27.5. The molecule has 0 fully saturated rings. The molecule has 10 heteroatoms. The highest BCUT2D eigenvalue weighted by atomic mass is 35.6. The Bertz CT molecular complexity index is 804. The van der Waals surface area contributed by atoms with Crippen LogP contribution in [0.5, 0.6) is 0 Å². The van der Waals surface area contributed by atoms with Crippen molar-refractivity contribution in [2.24, 2.45) is 0 Å². The van der Waals surface area contributed by atoms with Crippen LogP contribution in [-0.4, -0.2) is 26.9 Å². The van der Waals surface area contributed by atoms with Gasteiger partial charge in [-0.05, 0) is 42.9 Å². The molecule has 0 heterocycles.